The predicted octanol–water partition coefficient (Wildman–Crippen LogP) is 6.87. The van der Waals surface area contributed by atoms with Gasteiger partial charge in [-0.05, 0) is 86.0 Å². The highest BCUT2D eigenvalue weighted by Gasteiger charge is 2.13. The summed E-state index contributed by atoms with van der Waals surface area (Å²) in [6.45, 7) is 13.3. The molecule has 0 aliphatic heterocycles. The maximum absolute atomic E-state index is 5.91. The highest BCUT2D eigenvalue weighted by atomic mass is 32.1. The van der Waals surface area contributed by atoms with Crippen LogP contribution in [0.2, 0.25) is 0 Å². The Morgan fingerprint density at radius 3 is 2.21 bits per heavy atom. The van der Waals surface area contributed by atoms with Crippen LogP contribution in [0.25, 0.3) is 0 Å². The Kier molecular flexibility index (Phi) is 10.9. The van der Waals surface area contributed by atoms with Crippen LogP contribution in [0.15, 0.2) is 61.2 Å². The molecule has 0 unspecified atom stereocenters. The monoisotopic (exact) mass is 467 g/mol. The van der Waals surface area contributed by atoms with Gasteiger partial charge in [0.15, 0.2) is 5.11 Å². The molecule has 4 nitrogen and oxygen atoms in total. The molecule has 1 N–H and O–H groups in total. The lowest BCUT2D eigenvalue weighted by atomic mass is 9.87. The molecule has 0 heterocycles. The molecule has 0 spiro atoms. The van der Waals surface area contributed by atoms with Crippen LogP contribution in [0, 0.1) is 0 Å². The molecule has 2 aromatic rings. The summed E-state index contributed by atoms with van der Waals surface area (Å²) in [5.74, 6) is 0.898. The van der Waals surface area contributed by atoms with Crippen molar-refractivity contribution in [2.24, 2.45) is 0 Å². The maximum atomic E-state index is 5.91. The standard InChI is InChI=1S/C28H41N3OS/c1-7-20-30(5)21-10-8-9-11-22-32-26-18-16-25(17-19-26)31(6)27(33)29-24-14-12-23(13-15-24)28(2,3)4/h7,12-19H,1,8-11,20-22H2,2-6H3,(H,29,33). The van der Waals surface area contributed by atoms with Gasteiger partial charge in [0.05, 0.1) is 6.61 Å². The van der Waals surface area contributed by atoms with E-state index >= 15 is 0 Å². The van der Waals surface area contributed by atoms with Crippen molar-refractivity contribution in [2.75, 3.05) is 44.0 Å². The van der Waals surface area contributed by atoms with Gasteiger partial charge in [-0.25, -0.2) is 0 Å². The Morgan fingerprint density at radius 2 is 1.61 bits per heavy atom. The molecular weight excluding hydrogens is 426 g/mol. The molecule has 0 aromatic heterocycles. The fourth-order valence-corrected chi connectivity index (χ4v) is 3.71. The first-order chi connectivity index (χ1) is 15.7. The van der Waals surface area contributed by atoms with E-state index in [9.17, 15) is 0 Å². The summed E-state index contributed by atoms with van der Waals surface area (Å²) in [4.78, 5) is 4.27. The largest absolute Gasteiger partial charge is 0.494 e. The van der Waals surface area contributed by atoms with E-state index in [1.165, 1.54) is 24.8 Å². The molecule has 0 aliphatic rings. The Balaban J connectivity index is 1.72. The van der Waals surface area contributed by atoms with E-state index < -0.39 is 0 Å². The number of likely N-dealkylation sites (N-methyl/N-ethyl adjacent to an activating group) is 1. The minimum absolute atomic E-state index is 0.141. The van der Waals surface area contributed by atoms with Gasteiger partial charge in [-0.3, -0.25) is 0 Å². The van der Waals surface area contributed by atoms with E-state index in [1.807, 2.05) is 42.3 Å². The van der Waals surface area contributed by atoms with Crippen LogP contribution >= 0.6 is 12.2 Å². The molecule has 0 fully saturated rings. The van der Waals surface area contributed by atoms with Gasteiger partial charge in [0, 0.05) is 25.0 Å². The van der Waals surface area contributed by atoms with Crippen molar-refractivity contribution in [1.82, 2.24) is 4.90 Å². The number of unbranched alkanes of at least 4 members (excludes halogenated alkanes) is 3. The normalized spacial score (nSPS) is 11.3. The number of rotatable bonds is 12. The van der Waals surface area contributed by atoms with Gasteiger partial charge in [-0.2, -0.15) is 0 Å². The number of anilines is 2. The SMILES string of the molecule is C=CCN(C)CCCCCCOc1ccc(N(C)C(=S)Nc2ccc(C(C)(C)C)cc2)cc1. The molecule has 0 bridgehead atoms. The first-order valence-electron chi connectivity index (χ1n) is 11.9. The third kappa shape index (κ3) is 9.56. The second kappa shape index (κ2) is 13.4. The van der Waals surface area contributed by atoms with Crippen LogP contribution in [-0.4, -0.2) is 43.8 Å². The zero-order chi connectivity index (χ0) is 24.3. The Bertz CT molecular complexity index is 856. The van der Waals surface area contributed by atoms with E-state index in [4.69, 9.17) is 17.0 Å². The Morgan fingerprint density at radius 1 is 0.970 bits per heavy atom. The third-order valence-corrected chi connectivity index (χ3v) is 6.05. The fourth-order valence-electron chi connectivity index (χ4n) is 3.48. The average molecular weight is 468 g/mol. The summed E-state index contributed by atoms with van der Waals surface area (Å²) in [5, 5.41) is 3.98. The minimum atomic E-state index is 0.141. The van der Waals surface area contributed by atoms with E-state index in [1.54, 1.807) is 0 Å². The van der Waals surface area contributed by atoms with Crippen LogP contribution in [0.3, 0.4) is 0 Å². The van der Waals surface area contributed by atoms with Gasteiger partial charge in [0.25, 0.3) is 0 Å². The van der Waals surface area contributed by atoms with Crippen LogP contribution < -0.4 is 15.0 Å². The Hall–Kier alpha value is -2.37. The van der Waals surface area contributed by atoms with E-state index in [0.717, 1.165) is 43.2 Å². The molecule has 0 amide bonds. The van der Waals surface area contributed by atoms with Crippen molar-refractivity contribution < 1.29 is 4.74 Å². The molecule has 33 heavy (non-hydrogen) atoms. The number of ether oxygens (including phenoxy) is 1. The summed E-state index contributed by atoms with van der Waals surface area (Å²) in [5.41, 5.74) is 3.46. The smallest absolute Gasteiger partial charge is 0.177 e. The molecule has 2 aromatic carbocycles. The van der Waals surface area contributed by atoms with Crippen LogP contribution in [0.1, 0.15) is 52.0 Å². The topological polar surface area (TPSA) is 27.7 Å². The lowest BCUT2D eigenvalue weighted by Crippen LogP contribution is -2.30. The maximum Gasteiger partial charge on any atom is 0.177 e. The van der Waals surface area contributed by atoms with Crippen LogP contribution in [-0.2, 0) is 5.41 Å². The molecule has 0 atom stereocenters. The lowest BCUT2D eigenvalue weighted by Gasteiger charge is -2.23. The lowest BCUT2D eigenvalue weighted by molar-refractivity contribution is 0.300. The number of nitrogens with zero attached hydrogens (tertiary/aromatic N) is 2. The first kappa shape index (κ1) is 26.9. The summed E-state index contributed by atoms with van der Waals surface area (Å²) >= 11 is 5.61. The number of hydrogen-bond acceptors (Lipinski definition) is 3. The molecular formula is C28H41N3OS. The first-order valence-corrected chi connectivity index (χ1v) is 12.3. The second-order valence-electron chi connectivity index (χ2n) is 9.62. The zero-order valence-electron chi connectivity index (χ0n) is 21.1. The van der Waals surface area contributed by atoms with Crippen molar-refractivity contribution in [3.05, 3.63) is 66.7 Å². The van der Waals surface area contributed by atoms with Gasteiger partial charge in [0.2, 0.25) is 0 Å². The van der Waals surface area contributed by atoms with E-state index in [0.29, 0.717) is 5.11 Å². The van der Waals surface area contributed by atoms with Crippen molar-refractivity contribution in [3.63, 3.8) is 0 Å². The third-order valence-electron chi connectivity index (χ3n) is 5.67. The number of thiocarbonyl (C=S) groups is 1. The van der Waals surface area contributed by atoms with Gasteiger partial charge >= 0.3 is 0 Å². The van der Waals surface area contributed by atoms with Crippen molar-refractivity contribution >= 4 is 28.7 Å². The Labute approximate surface area is 206 Å². The van der Waals surface area contributed by atoms with Gasteiger partial charge in [-0.1, -0.05) is 51.8 Å². The quantitative estimate of drug-likeness (QED) is 0.209. The van der Waals surface area contributed by atoms with Gasteiger partial charge < -0.3 is 19.9 Å². The van der Waals surface area contributed by atoms with E-state index in [-0.39, 0.29) is 5.41 Å². The highest BCUT2D eigenvalue weighted by molar-refractivity contribution is 7.80. The molecule has 0 aliphatic carbocycles. The molecule has 180 valence electrons. The molecule has 5 heteroatoms. The number of benzene rings is 2. The van der Waals surface area contributed by atoms with Crippen molar-refractivity contribution in [2.45, 2.75) is 51.9 Å². The van der Waals surface area contributed by atoms with Crippen LogP contribution in [0.4, 0.5) is 11.4 Å². The fraction of sp³-hybridized carbons (Fsp3) is 0.464. The summed E-state index contributed by atoms with van der Waals surface area (Å²) in [7, 11) is 4.11. The summed E-state index contributed by atoms with van der Waals surface area (Å²) < 4.78 is 5.91. The summed E-state index contributed by atoms with van der Waals surface area (Å²) in [6.07, 6.45) is 6.68. The van der Waals surface area contributed by atoms with Crippen LogP contribution in [0.5, 0.6) is 5.75 Å². The molecule has 2 rings (SSSR count). The van der Waals surface area contributed by atoms with E-state index in [2.05, 4.69) is 68.9 Å². The zero-order valence-corrected chi connectivity index (χ0v) is 21.9. The summed E-state index contributed by atoms with van der Waals surface area (Å²) in [6, 6.07) is 16.6. The number of nitrogens with one attached hydrogen (secondary N) is 1. The minimum Gasteiger partial charge on any atom is -0.494 e. The average Bonchev–Trinajstić information content (AvgIpc) is 2.78. The molecule has 0 saturated carbocycles. The van der Waals surface area contributed by atoms with Crippen molar-refractivity contribution in [3.8, 4) is 5.75 Å². The van der Waals surface area contributed by atoms with Gasteiger partial charge in [0.1, 0.15) is 5.75 Å². The second-order valence-corrected chi connectivity index (χ2v) is 10.0. The predicted molar refractivity (Wildman–Crippen MR) is 148 cm³/mol. The molecule has 0 saturated heterocycles. The van der Waals surface area contributed by atoms with Gasteiger partial charge in [-0.15, -0.1) is 6.58 Å². The highest BCUT2D eigenvalue weighted by Crippen LogP contribution is 2.24. The van der Waals surface area contributed by atoms with Crippen molar-refractivity contribution in [1.29, 1.82) is 0 Å². The number of hydrogen-bond donors (Lipinski definition) is 1. The molecule has 0 radical (unpaired) electrons.